The molecule has 16 heavy (non-hydrogen) atoms. The third-order valence-electron chi connectivity index (χ3n) is 2.23. The third kappa shape index (κ3) is 5.29. The summed E-state index contributed by atoms with van der Waals surface area (Å²) in [6.07, 6.45) is -3.16. The fourth-order valence-electron chi connectivity index (χ4n) is 1.02. The second-order valence-corrected chi connectivity index (χ2v) is 3.55. The van der Waals surface area contributed by atoms with Gasteiger partial charge in [-0.2, -0.15) is 8.78 Å². The average molecular weight is 244 g/mol. The summed E-state index contributed by atoms with van der Waals surface area (Å²) < 4.78 is 48.3. The number of carbonyl (C=O) groups is 1. The Bertz CT molecular complexity index is 220. The third-order valence-corrected chi connectivity index (χ3v) is 2.23. The predicted molar refractivity (Wildman–Crippen MR) is 51.4 cm³/mol. The van der Waals surface area contributed by atoms with Crippen LogP contribution in [0.2, 0.25) is 0 Å². The van der Waals surface area contributed by atoms with Crippen molar-refractivity contribution in [1.29, 1.82) is 0 Å². The van der Waals surface area contributed by atoms with Crippen LogP contribution in [0, 0.1) is 5.92 Å². The monoisotopic (exact) mass is 244 g/mol. The highest BCUT2D eigenvalue weighted by molar-refractivity contribution is 5.76. The minimum absolute atomic E-state index is 0.0215. The van der Waals surface area contributed by atoms with E-state index < -0.39 is 24.8 Å². The van der Waals surface area contributed by atoms with Crippen LogP contribution in [0.4, 0.5) is 17.6 Å². The summed E-state index contributed by atoms with van der Waals surface area (Å²) in [4.78, 5) is 11.1. The molecule has 1 atom stereocenters. The maximum atomic E-state index is 12.4. The molecule has 0 heterocycles. The van der Waals surface area contributed by atoms with E-state index in [1.165, 1.54) is 0 Å². The SMILES string of the molecule is CCC(CN)CC(=O)NCC(F)(F)C(F)F. The molecule has 96 valence electrons. The van der Waals surface area contributed by atoms with Crippen molar-refractivity contribution < 1.29 is 22.4 Å². The quantitative estimate of drug-likeness (QED) is 0.665. The molecule has 0 aliphatic heterocycles. The van der Waals surface area contributed by atoms with Gasteiger partial charge in [0.15, 0.2) is 0 Å². The predicted octanol–water partition coefficient (Wildman–Crippen LogP) is 1.38. The number of rotatable bonds is 7. The fraction of sp³-hybridized carbons (Fsp3) is 0.889. The van der Waals surface area contributed by atoms with Gasteiger partial charge in [-0.25, -0.2) is 8.78 Å². The Kier molecular flexibility index (Phi) is 6.32. The average Bonchev–Trinajstić information content (AvgIpc) is 2.23. The maximum absolute atomic E-state index is 12.4. The van der Waals surface area contributed by atoms with Gasteiger partial charge >= 0.3 is 12.3 Å². The molecular weight excluding hydrogens is 228 g/mol. The lowest BCUT2D eigenvalue weighted by Crippen LogP contribution is -2.42. The van der Waals surface area contributed by atoms with E-state index in [2.05, 4.69) is 0 Å². The highest BCUT2D eigenvalue weighted by atomic mass is 19.3. The highest BCUT2D eigenvalue weighted by Crippen LogP contribution is 2.21. The van der Waals surface area contributed by atoms with Gasteiger partial charge in [-0.15, -0.1) is 0 Å². The van der Waals surface area contributed by atoms with Gasteiger partial charge in [-0.3, -0.25) is 4.79 Å². The van der Waals surface area contributed by atoms with Gasteiger partial charge < -0.3 is 11.1 Å². The van der Waals surface area contributed by atoms with Gasteiger partial charge in [0.1, 0.15) is 0 Å². The first-order valence-corrected chi connectivity index (χ1v) is 4.96. The zero-order valence-corrected chi connectivity index (χ0v) is 8.98. The molecular formula is C9H16F4N2O. The van der Waals surface area contributed by atoms with E-state index in [-0.39, 0.29) is 18.9 Å². The van der Waals surface area contributed by atoms with E-state index in [4.69, 9.17) is 5.73 Å². The number of carbonyl (C=O) groups excluding carboxylic acids is 1. The number of alkyl halides is 4. The molecule has 0 rings (SSSR count). The molecule has 1 unspecified atom stereocenters. The van der Waals surface area contributed by atoms with Gasteiger partial charge in [0, 0.05) is 6.42 Å². The fourth-order valence-corrected chi connectivity index (χ4v) is 1.02. The van der Waals surface area contributed by atoms with E-state index in [0.29, 0.717) is 6.42 Å². The molecule has 7 heteroatoms. The number of amides is 1. The Labute approximate surface area is 91.4 Å². The van der Waals surface area contributed by atoms with Crippen LogP contribution < -0.4 is 11.1 Å². The van der Waals surface area contributed by atoms with Crippen molar-refractivity contribution in [2.45, 2.75) is 32.1 Å². The molecule has 1 amide bonds. The summed E-state index contributed by atoms with van der Waals surface area (Å²) in [7, 11) is 0. The summed E-state index contributed by atoms with van der Waals surface area (Å²) in [5.74, 6) is -4.97. The largest absolute Gasteiger partial charge is 0.350 e. The second-order valence-electron chi connectivity index (χ2n) is 3.55. The molecule has 0 saturated carbocycles. The van der Waals surface area contributed by atoms with Crippen molar-refractivity contribution in [2.75, 3.05) is 13.1 Å². The Morgan fingerprint density at radius 3 is 2.38 bits per heavy atom. The first kappa shape index (κ1) is 15.2. The Hall–Kier alpha value is -0.850. The number of nitrogens with two attached hydrogens (primary N) is 1. The molecule has 0 saturated heterocycles. The second kappa shape index (κ2) is 6.67. The smallest absolute Gasteiger partial charge is 0.324 e. The molecule has 0 aliphatic rings. The Balaban J connectivity index is 3.98. The van der Waals surface area contributed by atoms with Crippen LogP contribution in [0.5, 0.6) is 0 Å². The molecule has 3 N–H and O–H groups in total. The van der Waals surface area contributed by atoms with E-state index >= 15 is 0 Å². The van der Waals surface area contributed by atoms with Gasteiger partial charge in [0.25, 0.3) is 0 Å². The van der Waals surface area contributed by atoms with E-state index in [0.717, 1.165) is 0 Å². The molecule has 3 nitrogen and oxygen atoms in total. The molecule has 0 fully saturated rings. The van der Waals surface area contributed by atoms with Gasteiger partial charge in [0.05, 0.1) is 6.54 Å². The number of nitrogens with one attached hydrogen (secondary N) is 1. The summed E-state index contributed by atoms with van der Waals surface area (Å²) >= 11 is 0. The molecule has 0 spiro atoms. The van der Waals surface area contributed by atoms with E-state index in [1.807, 2.05) is 0 Å². The molecule has 0 aromatic carbocycles. The van der Waals surface area contributed by atoms with Crippen molar-refractivity contribution >= 4 is 5.91 Å². The highest BCUT2D eigenvalue weighted by Gasteiger charge is 2.40. The van der Waals surface area contributed by atoms with Crippen LogP contribution in [-0.4, -0.2) is 31.3 Å². The van der Waals surface area contributed by atoms with Gasteiger partial charge in [0.2, 0.25) is 5.91 Å². The summed E-state index contributed by atoms with van der Waals surface area (Å²) in [5.41, 5.74) is 5.31. The van der Waals surface area contributed by atoms with Crippen LogP contribution in [0.15, 0.2) is 0 Å². The van der Waals surface area contributed by atoms with Crippen molar-refractivity contribution in [3.8, 4) is 0 Å². The maximum Gasteiger partial charge on any atom is 0.324 e. The number of hydrogen-bond donors (Lipinski definition) is 2. The van der Waals surface area contributed by atoms with Crippen LogP contribution >= 0.6 is 0 Å². The molecule has 0 aromatic heterocycles. The number of hydrogen-bond acceptors (Lipinski definition) is 2. The zero-order chi connectivity index (χ0) is 12.8. The van der Waals surface area contributed by atoms with E-state index in [9.17, 15) is 22.4 Å². The van der Waals surface area contributed by atoms with Crippen LogP contribution in [0.25, 0.3) is 0 Å². The zero-order valence-electron chi connectivity index (χ0n) is 8.98. The topological polar surface area (TPSA) is 55.1 Å². The van der Waals surface area contributed by atoms with E-state index in [1.54, 1.807) is 12.2 Å². The molecule has 0 bridgehead atoms. The lowest BCUT2D eigenvalue weighted by atomic mass is 10.0. The lowest BCUT2D eigenvalue weighted by molar-refractivity contribution is -0.136. The Morgan fingerprint density at radius 2 is 2.00 bits per heavy atom. The number of halogens is 4. The first-order chi connectivity index (χ1) is 7.33. The van der Waals surface area contributed by atoms with Gasteiger partial charge in [-0.05, 0) is 12.5 Å². The lowest BCUT2D eigenvalue weighted by Gasteiger charge is -2.17. The van der Waals surface area contributed by atoms with Crippen molar-refractivity contribution in [1.82, 2.24) is 5.32 Å². The molecule has 0 aromatic rings. The molecule has 0 aliphatic carbocycles. The molecule has 0 radical (unpaired) electrons. The normalized spacial score (nSPS) is 13.9. The first-order valence-electron chi connectivity index (χ1n) is 4.96. The standard InChI is InChI=1S/C9H16F4N2O/c1-2-6(4-14)3-7(16)15-5-9(12,13)8(10)11/h6,8H,2-5,14H2,1H3,(H,15,16). The van der Waals surface area contributed by atoms with Crippen LogP contribution in [-0.2, 0) is 4.79 Å². The Morgan fingerprint density at radius 1 is 1.44 bits per heavy atom. The summed E-state index contributed by atoms with van der Waals surface area (Å²) in [6, 6.07) is 0. The summed E-state index contributed by atoms with van der Waals surface area (Å²) in [6.45, 7) is 0.720. The van der Waals surface area contributed by atoms with Gasteiger partial charge in [-0.1, -0.05) is 13.3 Å². The van der Waals surface area contributed by atoms with Crippen molar-refractivity contribution in [3.63, 3.8) is 0 Å². The minimum atomic E-state index is -4.18. The van der Waals surface area contributed by atoms with Crippen LogP contribution in [0.1, 0.15) is 19.8 Å². The van der Waals surface area contributed by atoms with Crippen molar-refractivity contribution in [3.05, 3.63) is 0 Å². The summed E-state index contributed by atoms with van der Waals surface area (Å²) in [5, 5.41) is 1.78. The van der Waals surface area contributed by atoms with Crippen molar-refractivity contribution in [2.24, 2.45) is 11.7 Å². The van der Waals surface area contributed by atoms with Crippen LogP contribution in [0.3, 0.4) is 0 Å². The minimum Gasteiger partial charge on any atom is -0.350 e.